The molecule has 1 N–H and O–H groups in total. The van der Waals surface area contributed by atoms with Crippen LogP contribution in [0, 0.1) is 11.6 Å². The fraction of sp³-hybridized carbons (Fsp3) is 0.182. The number of hydrogen-bond donors (Lipinski definition) is 1. The molecule has 0 atom stereocenters. The first kappa shape index (κ1) is 9.83. The number of benzene rings is 1. The average molecular weight is 210 g/mol. The van der Waals surface area contributed by atoms with E-state index in [2.05, 4.69) is 0 Å². The van der Waals surface area contributed by atoms with E-state index in [1.54, 1.807) is 0 Å². The predicted octanol–water partition coefficient (Wildman–Crippen LogP) is 2.38. The Balaban J connectivity index is 2.51. The molecule has 0 aromatic heterocycles. The Bertz CT molecular complexity index is 464. The molecule has 15 heavy (non-hydrogen) atoms. The van der Waals surface area contributed by atoms with E-state index >= 15 is 0 Å². The highest BCUT2D eigenvalue weighted by molar-refractivity contribution is 5.91. The fourth-order valence-electron chi connectivity index (χ4n) is 1.80. The molecule has 0 amide bonds. The number of aryl methyl sites for hydroxylation is 1. The number of aliphatic carboxylic acids is 1. The number of fused-ring (bicyclic) bond motifs is 1. The van der Waals surface area contributed by atoms with E-state index in [1.165, 1.54) is 0 Å². The van der Waals surface area contributed by atoms with Crippen LogP contribution in [0.2, 0.25) is 0 Å². The molecule has 1 aliphatic rings. The van der Waals surface area contributed by atoms with Crippen molar-refractivity contribution in [3.8, 4) is 0 Å². The molecule has 4 heteroatoms. The van der Waals surface area contributed by atoms with Crippen molar-refractivity contribution in [3.05, 3.63) is 41.0 Å². The molecule has 1 aromatic carbocycles. The molecule has 0 radical (unpaired) electrons. The molecular weight excluding hydrogens is 202 g/mol. The van der Waals surface area contributed by atoms with Gasteiger partial charge in [0.25, 0.3) is 0 Å². The second-order valence-corrected chi connectivity index (χ2v) is 3.43. The second kappa shape index (κ2) is 3.46. The number of carbonyl (C=O) groups is 1. The molecule has 0 saturated carbocycles. The van der Waals surface area contributed by atoms with E-state index < -0.39 is 17.6 Å². The van der Waals surface area contributed by atoms with Gasteiger partial charge in [-0.25, -0.2) is 13.6 Å². The van der Waals surface area contributed by atoms with Crippen molar-refractivity contribution in [1.82, 2.24) is 0 Å². The third-order valence-corrected chi connectivity index (χ3v) is 2.45. The third-order valence-electron chi connectivity index (χ3n) is 2.45. The molecule has 0 heterocycles. The van der Waals surface area contributed by atoms with Gasteiger partial charge in [-0.2, -0.15) is 0 Å². The summed E-state index contributed by atoms with van der Waals surface area (Å²) in [4.78, 5) is 10.5. The molecule has 0 unspecified atom stereocenters. The molecular formula is C11H8F2O2. The fourth-order valence-corrected chi connectivity index (χ4v) is 1.80. The van der Waals surface area contributed by atoms with Gasteiger partial charge in [-0.05, 0) is 41.7 Å². The number of halogens is 2. The van der Waals surface area contributed by atoms with Crippen molar-refractivity contribution >= 4 is 11.5 Å². The van der Waals surface area contributed by atoms with Crippen LogP contribution in [0.5, 0.6) is 0 Å². The zero-order valence-corrected chi connectivity index (χ0v) is 7.76. The number of rotatable bonds is 1. The van der Waals surface area contributed by atoms with Crippen LogP contribution in [0.1, 0.15) is 17.5 Å². The summed E-state index contributed by atoms with van der Waals surface area (Å²) in [6.07, 6.45) is 2.12. The van der Waals surface area contributed by atoms with Crippen molar-refractivity contribution in [2.75, 3.05) is 0 Å². The number of carboxylic acids is 1. The Labute approximate surface area is 84.8 Å². The Morgan fingerprint density at radius 1 is 1.27 bits per heavy atom. The molecule has 1 aliphatic carbocycles. The largest absolute Gasteiger partial charge is 0.478 e. The van der Waals surface area contributed by atoms with Crippen molar-refractivity contribution in [2.24, 2.45) is 0 Å². The quantitative estimate of drug-likeness (QED) is 0.722. The normalized spacial score (nSPS) is 16.8. The van der Waals surface area contributed by atoms with E-state index in [4.69, 9.17) is 5.11 Å². The van der Waals surface area contributed by atoms with Crippen LogP contribution < -0.4 is 0 Å². The second-order valence-electron chi connectivity index (χ2n) is 3.43. The van der Waals surface area contributed by atoms with Gasteiger partial charge in [0, 0.05) is 6.08 Å². The Morgan fingerprint density at radius 2 is 1.93 bits per heavy atom. The summed E-state index contributed by atoms with van der Waals surface area (Å²) in [7, 11) is 0. The van der Waals surface area contributed by atoms with Gasteiger partial charge in [0.1, 0.15) is 0 Å². The van der Waals surface area contributed by atoms with E-state index in [-0.39, 0.29) is 0 Å². The highest BCUT2D eigenvalue weighted by atomic mass is 19.2. The lowest BCUT2D eigenvalue weighted by Crippen LogP contribution is -1.92. The van der Waals surface area contributed by atoms with Gasteiger partial charge < -0.3 is 5.11 Å². The van der Waals surface area contributed by atoms with Gasteiger partial charge in [0.15, 0.2) is 11.6 Å². The summed E-state index contributed by atoms with van der Waals surface area (Å²) < 4.78 is 25.8. The van der Waals surface area contributed by atoms with Crippen molar-refractivity contribution < 1.29 is 18.7 Å². The summed E-state index contributed by atoms with van der Waals surface area (Å²) >= 11 is 0. The summed E-state index contributed by atoms with van der Waals surface area (Å²) in [6, 6.07) is 2.19. The lowest BCUT2D eigenvalue weighted by Gasteiger charge is -2.01. The zero-order chi connectivity index (χ0) is 11.0. The van der Waals surface area contributed by atoms with Gasteiger partial charge in [0.2, 0.25) is 0 Å². The lowest BCUT2D eigenvalue weighted by atomic mass is 10.1. The molecule has 0 saturated heterocycles. The van der Waals surface area contributed by atoms with Crippen LogP contribution in [0.15, 0.2) is 18.2 Å². The van der Waals surface area contributed by atoms with Gasteiger partial charge in [0.05, 0.1) is 0 Å². The van der Waals surface area contributed by atoms with Gasteiger partial charge >= 0.3 is 5.97 Å². The van der Waals surface area contributed by atoms with Crippen LogP contribution in [-0.2, 0) is 11.2 Å². The molecule has 0 fully saturated rings. The monoisotopic (exact) mass is 210 g/mol. The SMILES string of the molecule is O=C(O)/C=C1\CCc2cc(F)c(F)cc21. The van der Waals surface area contributed by atoms with Crippen LogP contribution in [-0.4, -0.2) is 11.1 Å². The number of hydrogen-bond acceptors (Lipinski definition) is 1. The molecule has 1 aromatic rings. The Hall–Kier alpha value is -1.71. The topological polar surface area (TPSA) is 37.3 Å². The molecule has 0 aliphatic heterocycles. The van der Waals surface area contributed by atoms with Gasteiger partial charge in [-0.15, -0.1) is 0 Å². The highest BCUT2D eigenvalue weighted by Crippen LogP contribution is 2.33. The maximum atomic E-state index is 12.9. The van der Waals surface area contributed by atoms with Crippen LogP contribution >= 0.6 is 0 Å². The average Bonchev–Trinajstić information content (AvgIpc) is 2.49. The number of allylic oxidation sites excluding steroid dienone is 1. The standard InChI is InChI=1S/C11H8F2O2/c12-9-3-6-1-2-7(4-11(14)15)8(6)5-10(9)13/h3-5H,1-2H2,(H,14,15)/b7-4+. The molecule has 2 rings (SSSR count). The summed E-state index contributed by atoms with van der Waals surface area (Å²) in [5, 5.41) is 8.58. The minimum atomic E-state index is -1.07. The minimum absolute atomic E-state index is 0.510. The highest BCUT2D eigenvalue weighted by Gasteiger charge is 2.19. The summed E-state index contributed by atoms with van der Waals surface area (Å²) in [5.41, 5.74) is 1.73. The molecule has 2 nitrogen and oxygen atoms in total. The van der Waals surface area contributed by atoms with Crippen LogP contribution in [0.25, 0.3) is 5.57 Å². The van der Waals surface area contributed by atoms with Crippen LogP contribution in [0.4, 0.5) is 8.78 Å². The van der Waals surface area contributed by atoms with Crippen molar-refractivity contribution in [3.63, 3.8) is 0 Å². The smallest absolute Gasteiger partial charge is 0.328 e. The first-order valence-electron chi connectivity index (χ1n) is 4.49. The lowest BCUT2D eigenvalue weighted by molar-refractivity contribution is -0.131. The molecule has 0 bridgehead atoms. The summed E-state index contributed by atoms with van der Waals surface area (Å²) in [6.45, 7) is 0. The van der Waals surface area contributed by atoms with E-state index in [0.29, 0.717) is 29.5 Å². The van der Waals surface area contributed by atoms with Crippen LogP contribution in [0.3, 0.4) is 0 Å². The third kappa shape index (κ3) is 1.75. The Kier molecular flexibility index (Phi) is 2.26. The van der Waals surface area contributed by atoms with Gasteiger partial charge in [-0.3, -0.25) is 0 Å². The number of carboxylic acid groups (broad SMARTS) is 1. The predicted molar refractivity (Wildman–Crippen MR) is 50.3 cm³/mol. The molecule has 78 valence electrons. The maximum Gasteiger partial charge on any atom is 0.328 e. The van der Waals surface area contributed by atoms with Crippen molar-refractivity contribution in [2.45, 2.75) is 12.8 Å². The van der Waals surface area contributed by atoms with E-state index in [9.17, 15) is 13.6 Å². The summed E-state index contributed by atoms with van der Waals surface area (Å²) in [5.74, 6) is -2.89. The van der Waals surface area contributed by atoms with Gasteiger partial charge in [-0.1, -0.05) is 0 Å². The van der Waals surface area contributed by atoms with E-state index in [1.807, 2.05) is 0 Å². The Morgan fingerprint density at radius 3 is 2.60 bits per heavy atom. The molecule has 0 spiro atoms. The van der Waals surface area contributed by atoms with Crippen molar-refractivity contribution in [1.29, 1.82) is 0 Å². The maximum absolute atomic E-state index is 12.9. The zero-order valence-electron chi connectivity index (χ0n) is 7.76. The van der Waals surface area contributed by atoms with E-state index in [0.717, 1.165) is 18.2 Å². The first-order chi connectivity index (χ1) is 7.08. The first-order valence-corrected chi connectivity index (χ1v) is 4.49. The minimum Gasteiger partial charge on any atom is -0.478 e.